The first-order valence-electron chi connectivity index (χ1n) is 5.98. The number of halogens is 3. The Bertz CT molecular complexity index is 753. The summed E-state index contributed by atoms with van der Waals surface area (Å²) in [5, 5.41) is 0. The molecule has 0 amide bonds. The molecule has 6 heteroatoms. The van der Waals surface area contributed by atoms with E-state index in [0.717, 1.165) is 25.9 Å². The Hall–Kier alpha value is -0.910. The van der Waals surface area contributed by atoms with Gasteiger partial charge in [0, 0.05) is 15.1 Å². The third-order valence-corrected chi connectivity index (χ3v) is 4.21. The average Bonchev–Trinajstić information content (AvgIpc) is 2.78. The number of nitrogens with zero attached hydrogens (tertiary/aromatic N) is 3. The minimum absolute atomic E-state index is 0.366. The zero-order chi connectivity index (χ0) is 14.1. The number of aromatic nitrogens is 3. The van der Waals surface area contributed by atoms with E-state index in [1.165, 1.54) is 5.56 Å². The van der Waals surface area contributed by atoms with Crippen LogP contribution in [-0.2, 0) is 12.4 Å². The molecule has 20 heavy (non-hydrogen) atoms. The number of fused-ring (bicyclic) bond motifs is 1. The minimum atomic E-state index is 0.366. The van der Waals surface area contributed by atoms with Crippen LogP contribution in [-0.4, -0.2) is 14.5 Å². The van der Waals surface area contributed by atoms with Gasteiger partial charge in [0.2, 0.25) is 0 Å². The quantitative estimate of drug-likeness (QED) is 0.579. The molecule has 0 atom stereocenters. The monoisotopic (exact) mass is 413 g/mol. The predicted octanol–water partition coefficient (Wildman–Crippen LogP) is 4.74. The third-order valence-electron chi connectivity index (χ3n) is 3.00. The van der Waals surface area contributed by atoms with Gasteiger partial charge in [-0.1, -0.05) is 28.1 Å². The van der Waals surface area contributed by atoms with E-state index >= 15 is 0 Å². The molecule has 0 N–H and O–H groups in total. The molecule has 0 aliphatic heterocycles. The van der Waals surface area contributed by atoms with E-state index in [0.29, 0.717) is 12.4 Å². The molecule has 3 aromatic rings. The normalized spacial score (nSPS) is 11.2. The Labute approximate surface area is 138 Å². The topological polar surface area (TPSA) is 30.7 Å². The molecule has 0 fully saturated rings. The molecular weight excluding hydrogens is 405 g/mol. The highest BCUT2D eigenvalue weighted by Gasteiger charge is 2.11. The van der Waals surface area contributed by atoms with E-state index in [-0.39, 0.29) is 0 Å². The van der Waals surface area contributed by atoms with Crippen molar-refractivity contribution in [3.05, 3.63) is 56.9 Å². The van der Waals surface area contributed by atoms with Gasteiger partial charge in [0.1, 0.15) is 11.3 Å². The zero-order valence-electron chi connectivity index (χ0n) is 10.4. The average molecular weight is 416 g/mol. The van der Waals surface area contributed by atoms with Gasteiger partial charge in [-0.2, -0.15) is 0 Å². The number of benzene rings is 1. The fourth-order valence-electron chi connectivity index (χ4n) is 2.07. The highest BCUT2D eigenvalue weighted by atomic mass is 79.9. The first-order valence-corrected chi connectivity index (χ1v) is 8.10. The largest absolute Gasteiger partial charge is 0.307 e. The van der Waals surface area contributed by atoms with Gasteiger partial charge in [0.25, 0.3) is 0 Å². The van der Waals surface area contributed by atoms with Crippen LogP contribution < -0.4 is 0 Å². The van der Waals surface area contributed by atoms with Gasteiger partial charge in [0.05, 0.1) is 12.4 Å². The number of rotatable bonds is 3. The summed E-state index contributed by atoms with van der Waals surface area (Å²) in [7, 11) is 0. The summed E-state index contributed by atoms with van der Waals surface area (Å²) in [6, 6.07) is 10.2. The van der Waals surface area contributed by atoms with Crippen LogP contribution in [0.25, 0.3) is 11.2 Å². The lowest BCUT2D eigenvalue weighted by molar-refractivity contribution is 0.770. The van der Waals surface area contributed by atoms with Crippen molar-refractivity contribution in [1.29, 1.82) is 0 Å². The second kappa shape index (κ2) is 5.84. The lowest BCUT2D eigenvalue weighted by Gasteiger charge is -2.07. The van der Waals surface area contributed by atoms with Crippen LogP contribution in [0.4, 0.5) is 0 Å². The van der Waals surface area contributed by atoms with Crippen LogP contribution in [0.2, 0.25) is 0 Å². The Kier molecular flexibility index (Phi) is 4.10. The maximum absolute atomic E-state index is 6.00. The molecule has 1 aromatic carbocycles. The number of pyridine rings is 1. The van der Waals surface area contributed by atoms with Crippen LogP contribution in [0.1, 0.15) is 11.4 Å². The van der Waals surface area contributed by atoms with Crippen molar-refractivity contribution in [2.75, 3.05) is 0 Å². The summed E-state index contributed by atoms with van der Waals surface area (Å²) in [6.07, 6.45) is 1.78. The Morgan fingerprint density at radius 2 is 1.85 bits per heavy atom. The third kappa shape index (κ3) is 2.75. The Balaban J connectivity index is 2.07. The van der Waals surface area contributed by atoms with Gasteiger partial charge in [-0.3, -0.25) is 0 Å². The summed E-state index contributed by atoms with van der Waals surface area (Å²) in [5.41, 5.74) is 2.89. The first-order chi connectivity index (χ1) is 9.67. The van der Waals surface area contributed by atoms with Crippen LogP contribution in [0.15, 0.2) is 45.5 Å². The molecule has 0 aliphatic rings. The molecule has 102 valence electrons. The lowest BCUT2D eigenvalue weighted by Crippen LogP contribution is -2.04. The maximum atomic E-state index is 6.00. The van der Waals surface area contributed by atoms with Gasteiger partial charge in [0.15, 0.2) is 5.65 Å². The molecule has 0 saturated carbocycles. The van der Waals surface area contributed by atoms with E-state index in [1.54, 1.807) is 6.20 Å². The molecule has 0 spiro atoms. The van der Waals surface area contributed by atoms with Gasteiger partial charge in [-0.15, -0.1) is 11.6 Å². The molecule has 3 nitrogen and oxygen atoms in total. The summed E-state index contributed by atoms with van der Waals surface area (Å²) < 4.78 is 4.04. The van der Waals surface area contributed by atoms with Crippen LogP contribution in [0.3, 0.4) is 0 Å². The Morgan fingerprint density at radius 3 is 2.55 bits per heavy atom. The van der Waals surface area contributed by atoms with Crippen molar-refractivity contribution >= 4 is 54.6 Å². The second-order valence-electron chi connectivity index (χ2n) is 4.37. The van der Waals surface area contributed by atoms with E-state index in [9.17, 15) is 0 Å². The van der Waals surface area contributed by atoms with Crippen LogP contribution in [0, 0.1) is 0 Å². The van der Waals surface area contributed by atoms with Crippen molar-refractivity contribution in [1.82, 2.24) is 14.5 Å². The molecule has 2 heterocycles. The van der Waals surface area contributed by atoms with E-state index in [2.05, 4.69) is 58.5 Å². The zero-order valence-corrected chi connectivity index (χ0v) is 14.3. The number of hydrogen-bond acceptors (Lipinski definition) is 2. The molecule has 3 rings (SSSR count). The fraction of sp³-hybridized carbons (Fsp3) is 0.143. The highest BCUT2D eigenvalue weighted by molar-refractivity contribution is 9.10. The predicted molar refractivity (Wildman–Crippen MR) is 88.0 cm³/mol. The first kappa shape index (κ1) is 14.0. The smallest absolute Gasteiger partial charge is 0.160 e. The molecular formula is C14H10Br2ClN3. The van der Waals surface area contributed by atoms with Crippen molar-refractivity contribution in [2.24, 2.45) is 0 Å². The summed E-state index contributed by atoms with van der Waals surface area (Å²) in [5.74, 6) is 1.19. The van der Waals surface area contributed by atoms with E-state index < -0.39 is 0 Å². The van der Waals surface area contributed by atoms with Crippen molar-refractivity contribution < 1.29 is 0 Å². The molecule has 0 bridgehead atoms. The standard InChI is InChI=1S/C14H10Br2ClN3/c15-10-3-1-9(2-4-10)8-20-13(6-17)19-12-5-11(16)7-18-14(12)20/h1-5,7H,6,8H2. The van der Waals surface area contributed by atoms with Crippen molar-refractivity contribution in [3.8, 4) is 0 Å². The Morgan fingerprint density at radius 1 is 1.10 bits per heavy atom. The summed E-state index contributed by atoms with van der Waals surface area (Å²) in [4.78, 5) is 8.98. The van der Waals surface area contributed by atoms with Crippen LogP contribution >= 0.6 is 43.5 Å². The van der Waals surface area contributed by atoms with E-state index in [1.807, 2.05) is 18.2 Å². The van der Waals surface area contributed by atoms with Crippen molar-refractivity contribution in [2.45, 2.75) is 12.4 Å². The van der Waals surface area contributed by atoms with Gasteiger partial charge in [-0.05, 0) is 39.7 Å². The molecule has 0 radical (unpaired) electrons. The minimum Gasteiger partial charge on any atom is -0.307 e. The SMILES string of the molecule is ClCc1nc2cc(Br)cnc2n1Cc1ccc(Br)cc1. The van der Waals surface area contributed by atoms with Crippen LogP contribution in [0.5, 0.6) is 0 Å². The second-order valence-corrected chi connectivity index (χ2v) is 6.47. The number of alkyl halides is 1. The maximum Gasteiger partial charge on any atom is 0.160 e. The molecule has 0 unspecified atom stereocenters. The number of hydrogen-bond donors (Lipinski definition) is 0. The van der Waals surface area contributed by atoms with Crippen molar-refractivity contribution in [3.63, 3.8) is 0 Å². The number of imidazole rings is 1. The molecule has 2 aromatic heterocycles. The molecule has 0 saturated heterocycles. The van der Waals surface area contributed by atoms with E-state index in [4.69, 9.17) is 11.6 Å². The summed E-state index contributed by atoms with van der Waals surface area (Å²) >= 11 is 12.9. The molecule has 0 aliphatic carbocycles. The van der Waals surface area contributed by atoms with Gasteiger partial charge < -0.3 is 4.57 Å². The fourth-order valence-corrected chi connectivity index (χ4v) is 2.86. The van der Waals surface area contributed by atoms with Gasteiger partial charge in [-0.25, -0.2) is 9.97 Å². The lowest BCUT2D eigenvalue weighted by atomic mass is 10.2. The van der Waals surface area contributed by atoms with Gasteiger partial charge >= 0.3 is 0 Å². The highest BCUT2D eigenvalue weighted by Crippen LogP contribution is 2.21. The summed E-state index contributed by atoms with van der Waals surface area (Å²) in [6.45, 7) is 0.709.